The fourth-order valence-corrected chi connectivity index (χ4v) is 2.09. The Hall–Kier alpha value is -0.890. The summed E-state index contributed by atoms with van der Waals surface area (Å²) in [5.41, 5.74) is 1.73. The summed E-state index contributed by atoms with van der Waals surface area (Å²) < 4.78 is 0. The molecule has 1 unspecified atom stereocenters. The average Bonchev–Trinajstić information content (AvgIpc) is 2.99. The van der Waals surface area contributed by atoms with E-state index in [4.69, 9.17) is 0 Å². The highest BCUT2D eigenvalue weighted by Crippen LogP contribution is 2.48. The molecule has 2 rings (SSSR count). The number of pyridine rings is 1. The van der Waals surface area contributed by atoms with E-state index in [2.05, 4.69) is 36.3 Å². The summed E-state index contributed by atoms with van der Waals surface area (Å²) in [6, 6.07) is 6.76. The van der Waals surface area contributed by atoms with Gasteiger partial charge >= 0.3 is 0 Å². The van der Waals surface area contributed by atoms with Crippen molar-refractivity contribution in [3.05, 3.63) is 30.1 Å². The zero-order valence-electron chi connectivity index (χ0n) is 9.66. The summed E-state index contributed by atoms with van der Waals surface area (Å²) in [5, 5.41) is 3.59. The third kappa shape index (κ3) is 2.57. The Kier molecular flexibility index (Phi) is 3.06. The fraction of sp³-hybridized carbons (Fsp3) is 0.615. The predicted molar refractivity (Wildman–Crippen MR) is 62.7 cm³/mol. The topological polar surface area (TPSA) is 24.9 Å². The zero-order valence-corrected chi connectivity index (χ0v) is 9.66. The molecule has 1 aliphatic carbocycles. The second kappa shape index (κ2) is 4.31. The van der Waals surface area contributed by atoms with Crippen LogP contribution in [-0.2, 0) is 6.42 Å². The lowest BCUT2D eigenvalue weighted by atomic mass is 9.94. The van der Waals surface area contributed by atoms with E-state index in [0.717, 1.165) is 13.0 Å². The predicted octanol–water partition coefficient (Wildman–Crippen LogP) is 2.40. The fourth-order valence-electron chi connectivity index (χ4n) is 2.09. The van der Waals surface area contributed by atoms with Crippen molar-refractivity contribution >= 4 is 0 Å². The van der Waals surface area contributed by atoms with E-state index in [0.29, 0.717) is 11.5 Å². The van der Waals surface area contributed by atoms with Gasteiger partial charge in [-0.3, -0.25) is 4.98 Å². The van der Waals surface area contributed by atoms with Crippen molar-refractivity contribution in [2.75, 3.05) is 6.54 Å². The van der Waals surface area contributed by atoms with Gasteiger partial charge in [0.05, 0.1) is 0 Å². The highest BCUT2D eigenvalue weighted by atomic mass is 14.9. The van der Waals surface area contributed by atoms with E-state index in [1.807, 2.05) is 12.3 Å². The molecule has 0 saturated heterocycles. The van der Waals surface area contributed by atoms with E-state index in [1.54, 1.807) is 0 Å². The molecule has 0 aliphatic heterocycles. The summed E-state index contributed by atoms with van der Waals surface area (Å²) in [6.45, 7) is 5.60. The van der Waals surface area contributed by atoms with Crippen LogP contribution >= 0.6 is 0 Å². The van der Waals surface area contributed by atoms with Crippen molar-refractivity contribution in [2.24, 2.45) is 5.41 Å². The second-order valence-electron chi connectivity index (χ2n) is 4.79. The zero-order chi connectivity index (χ0) is 10.7. The van der Waals surface area contributed by atoms with Crippen LogP contribution in [0.2, 0.25) is 0 Å². The third-order valence-corrected chi connectivity index (χ3v) is 3.47. The molecule has 15 heavy (non-hydrogen) atoms. The van der Waals surface area contributed by atoms with Crippen LogP contribution in [-0.4, -0.2) is 17.6 Å². The van der Waals surface area contributed by atoms with Crippen molar-refractivity contribution in [3.8, 4) is 0 Å². The maximum absolute atomic E-state index is 4.40. The lowest BCUT2D eigenvalue weighted by Crippen LogP contribution is -2.38. The van der Waals surface area contributed by atoms with Gasteiger partial charge in [-0.1, -0.05) is 19.9 Å². The Morgan fingerprint density at radius 1 is 1.47 bits per heavy atom. The monoisotopic (exact) mass is 204 g/mol. The van der Waals surface area contributed by atoms with E-state index >= 15 is 0 Å². The van der Waals surface area contributed by atoms with Gasteiger partial charge in [0.1, 0.15) is 0 Å². The van der Waals surface area contributed by atoms with Gasteiger partial charge in [0.25, 0.3) is 0 Å². The van der Waals surface area contributed by atoms with Crippen LogP contribution < -0.4 is 5.32 Å². The molecule has 82 valence electrons. The molecule has 0 radical (unpaired) electrons. The largest absolute Gasteiger partial charge is 0.313 e. The van der Waals surface area contributed by atoms with Crippen LogP contribution in [0.25, 0.3) is 0 Å². The minimum absolute atomic E-state index is 0.521. The first kappa shape index (κ1) is 10.6. The van der Waals surface area contributed by atoms with Crippen LogP contribution in [0.5, 0.6) is 0 Å². The second-order valence-corrected chi connectivity index (χ2v) is 4.79. The summed E-state index contributed by atoms with van der Waals surface area (Å²) in [5.74, 6) is 0. The SMILES string of the molecule is CCNC(Cc1ccccn1)C1(C)CC1. The molecule has 1 N–H and O–H groups in total. The first-order valence-electron chi connectivity index (χ1n) is 5.88. The molecule has 1 heterocycles. The molecule has 0 spiro atoms. The Labute approximate surface area is 92.1 Å². The van der Waals surface area contributed by atoms with Crippen molar-refractivity contribution in [2.45, 2.75) is 39.2 Å². The smallest absolute Gasteiger partial charge is 0.0419 e. The maximum atomic E-state index is 4.40. The number of aromatic nitrogens is 1. The third-order valence-electron chi connectivity index (χ3n) is 3.47. The van der Waals surface area contributed by atoms with E-state index in [1.165, 1.54) is 18.5 Å². The minimum Gasteiger partial charge on any atom is -0.313 e. The molecule has 1 fully saturated rings. The summed E-state index contributed by atoms with van der Waals surface area (Å²) in [6.07, 6.45) is 5.66. The quantitative estimate of drug-likeness (QED) is 0.796. The van der Waals surface area contributed by atoms with Gasteiger partial charge in [-0.25, -0.2) is 0 Å². The van der Waals surface area contributed by atoms with Gasteiger partial charge in [-0.15, -0.1) is 0 Å². The number of nitrogens with one attached hydrogen (secondary N) is 1. The molecule has 0 amide bonds. The number of nitrogens with zero attached hydrogens (tertiary/aromatic N) is 1. The lowest BCUT2D eigenvalue weighted by molar-refractivity contribution is 0.358. The molecule has 2 nitrogen and oxygen atoms in total. The molecule has 1 atom stereocenters. The van der Waals surface area contributed by atoms with Crippen LogP contribution in [0.1, 0.15) is 32.4 Å². The lowest BCUT2D eigenvalue weighted by Gasteiger charge is -2.24. The van der Waals surface area contributed by atoms with E-state index in [-0.39, 0.29) is 0 Å². The Balaban J connectivity index is 2.01. The highest BCUT2D eigenvalue weighted by Gasteiger charge is 2.44. The molecule has 0 aromatic carbocycles. The summed E-state index contributed by atoms with van der Waals surface area (Å²) in [7, 11) is 0. The highest BCUT2D eigenvalue weighted by molar-refractivity contribution is 5.09. The van der Waals surface area contributed by atoms with Gasteiger partial charge in [-0.05, 0) is 36.9 Å². The molecular weight excluding hydrogens is 184 g/mol. The molecule has 0 bridgehead atoms. The first-order valence-corrected chi connectivity index (χ1v) is 5.88. The van der Waals surface area contributed by atoms with Crippen molar-refractivity contribution in [1.29, 1.82) is 0 Å². The molecule has 2 heteroatoms. The van der Waals surface area contributed by atoms with E-state index < -0.39 is 0 Å². The van der Waals surface area contributed by atoms with Crippen LogP contribution in [0.4, 0.5) is 0 Å². The average molecular weight is 204 g/mol. The molecule has 1 aliphatic rings. The first-order chi connectivity index (χ1) is 7.24. The standard InChI is InChI=1S/C13H20N2/c1-3-14-12(13(2)7-8-13)10-11-6-4-5-9-15-11/h4-6,9,12,14H,3,7-8,10H2,1-2H3. The summed E-state index contributed by atoms with van der Waals surface area (Å²) in [4.78, 5) is 4.40. The van der Waals surface area contributed by atoms with Crippen molar-refractivity contribution in [1.82, 2.24) is 10.3 Å². The minimum atomic E-state index is 0.521. The van der Waals surface area contributed by atoms with Crippen LogP contribution in [0, 0.1) is 5.41 Å². The molecular formula is C13H20N2. The van der Waals surface area contributed by atoms with Crippen LogP contribution in [0.3, 0.4) is 0 Å². The Morgan fingerprint density at radius 2 is 2.27 bits per heavy atom. The Bertz CT molecular complexity index is 304. The van der Waals surface area contributed by atoms with E-state index in [9.17, 15) is 0 Å². The number of hydrogen-bond donors (Lipinski definition) is 1. The van der Waals surface area contributed by atoms with Gasteiger partial charge < -0.3 is 5.32 Å². The van der Waals surface area contributed by atoms with Gasteiger partial charge in [0.15, 0.2) is 0 Å². The van der Waals surface area contributed by atoms with Crippen LogP contribution in [0.15, 0.2) is 24.4 Å². The van der Waals surface area contributed by atoms with Gasteiger partial charge in [-0.2, -0.15) is 0 Å². The number of likely N-dealkylation sites (N-methyl/N-ethyl adjacent to an activating group) is 1. The van der Waals surface area contributed by atoms with Gasteiger partial charge in [0.2, 0.25) is 0 Å². The Morgan fingerprint density at radius 3 is 2.80 bits per heavy atom. The molecule has 1 aromatic heterocycles. The van der Waals surface area contributed by atoms with Crippen molar-refractivity contribution < 1.29 is 0 Å². The molecule has 1 aromatic rings. The molecule has 1 saturated carbocycles. The van der Waals surface area contributed by atoms with Crippen molar-refractivity contribution in [3.63, 3.8) is 0 Å². The number of hydrogen-bond acceptors (Lipinski definition) is 2. The number of rotatable bonds is 5. The normalized spacial score (nSPS) is 19.9. The van der Waals surface area contributed by atoms with Gasteiger partial charge in [0, 0.05) is 24.4 Å². The summed E-state index contributed by atoms with van der Waals surface area (Å²) >= 11 is 0. The maximum Gasteiger partial charge on any atom is 0.0419 e.